The highest BCUT2D eigenvalue weighted by molar-refractivity contribution is 6.31. The summed E-state index contributed by atoms with van der Waals surface area (Å²) < 4.78 is 7.44. The van der Waals surface area contributed by atoms with Crippen molar-refractivity contribution in [1.29, 1.82) is 0 Å². The number of hydrogen-bond acceptors (Lipinski definition) is 3. The molecule has 0 bridgehead atoms. The first-order chi connectivity index (χ1) is 9.29. The first-order valence-electron chi connectivity index (χ1n) is 6.67. The van der Waals surface area contributed by atoms with Crippen LogP contribution in [0.5, 0.6) is 0 Å². The van der Waals surface area contributed by atoms with Gasteiger partial charge in [-0.05, 0) is 37.6 Å². The number of methoxy groups -OCH3 is 1. The molecule has 1 aromatic carbocycles. The van der Waals surface area contributed by atoms with Crippen molar-refractivity contribution < 1.29 is 4.74 Å². The molecule has 0 aliphatic carbocycles. The molecular formula is C14H18ClN3O. The molecule has 1 aliphatic heterocycles. The molecule has 1 atom stereocenters. The Labute approximate surface area is 117 Å². The molecule has 102 valence electrons. The Morgan fingerprint density at radius 2 is 2.42 bits per heavy atom. The number of benzene rings is 1. The summed E-state index contributed by atoms with van der Waals surface area (Å²) in [6.07, 6.45) is 2.35. The first kappa shape index (κ1) is 12.9. The summed E-state index contributed by atoms with van der Waals surface area (Å²) in [5.74, 6) is 1.10. The van der Waals surface area contributed by atoms with Gasteiger partial charge in [0.25, 0.3) is 0 Å². The summed E-state index contributed by atoms with van der Waals surface area (Å²) >= 11 is 6.11. The zero-order valence-corrected chi connectivity index (χ0v) is 11.8. The molecule has 1 saturated heterocycles. The third-order valence-corrected chi connectivity index (χ3v) is 3.87. The van der Waals surface area contributed by atoms with Crippen LogP contribution in [0.2, 0.25) is 5.02 Å². The van der Waals surface area contributed by atoms with Crippen LogP contribution in [0.1, 0.15) is 24.7 Å². The van der Waals surface area contributed by atoms with E-state index in [0.29, 0.717) is 12.6 Å². The van der Waals surface area contributed by atoms with Gasteiger partial charge in [-0.2, -0.15) is 0 Å². The van der Waals surface area contributed by atoms with Gasteiger partial charge >= 0.3 is 0 Å². The number of rotatable bonds is 4. The Morgan fingerprint density at radius 1 is 1.53 bits per heavy atom. The van der Waals surface area contributed by atoms with E-state index in [1.54, 1.807) is 7.11 Å². The van der Waals surface area contributed by atoms with Gasteiger partial charge in [0.15, 0.2) is 0 Å². The molecule has 0 amide bonds. The van der Waals surface area contributed by atoms with Gasteiger partial charge < -0.3 is 14.6 Å². The van der Waals surface area contributed by atoms with Crippen molar-refractivity contribution in [2.24, 2.45) is 0 Å². The van der Waals surface area contributed by atoms with Crippen LogP contribution in [-0.2, 0) is 11.3 Å². The Balaban J connectivity index is 2.07. The van der Waals surface area contributed by atoms with Crippen LogP contribution in [0.25, 0.3) is 11.0 Å². The lowest BCUT2D eigenvalue weighted by molar-refractivity contribution is 0.187. The topological polar surface area (TPSA) is 39.1 Å². The van der Waals surface area contributed by atoms with E-state index in [-0.39, 0.29) is 0 Å². The van der Waals surface area contributed by atoms with Crippen LogP contribution >= 0.6 is 11.6 Å². The zero-order chi connectivity index (χ0) is 13.2. The molecule has 1 unspecified atom stereocenters. The molecule has 1 aromatic heterocycles. The van der Waals surface area contributed by atoms with Crippen LogP contribution in [0.15, 0.2) is 18.2 Å². The van der Waals surface area contributed by atoms with Crippen molar-refractivity contribution in [3.63, 3.8) is 0 Å². The third-order valence-electron chi connectivity index (χ3n) is 3.63. The summed E-state index contributed by atoms with van der Waals surface area (Å²) in [5, 5.41) is 4.26. The Kier molecular flexibility index (Phi) is 3.73. The molecule has 4 nitrogen and oxygen atoms in total. The largest absolute Gasteiger partial charge is 0.383 e. The van der Waals surface area contributed by atoms with E-state index in [2.05, 4.69) is 9.88 Å². The molecule has 2 heterocycles. The second-order valence-electron chi connectivity index (χ2n) is 4.90. The number of hydrogen-bond donors (Lipinski definition) is 1. The van der Waals surface area contributed by atoms with Gasteiger partial charge in [0.2, 0.25) is 0 Å². The molecule has 2 aromatic rings. The van der Waals surface area contributed by atoms with E-state index in [0.717, 1.165) is 41.4 Å². The molecular weight excluding hydrogens is 262 g/mol. The molecule has 3 rings (SSSR count). The number of ether oxygens (including phenoxy) is 1. The smallest absolute Gasteiger partial charge is 0.127 e. The summed E-state index contributed by atoms with van der Waals surface area (Å²) in [4.78, 5) is 4.77. The maximum Gasteiger partial charge on any atom is 0.127 e. The highest BCUT2D eigenvalue weighted by atomic mass is 35.5. The maximum absolute atomic E-state index is 6.11. The van der Waals surface area contributed by atoms with Crippen molar-refractivity contribution in [2.75, 3.05) is 20.3 Å². The van der Waals surface area contributed by atoms with E-state index in [1.807, 2.05) is 18.2 Å². The standard InChI is InChI=1S/C14H18ClN3O/c1-19-8-7-18-13-9-10(15)4-5-11(13)17-14(18)12-3-2-6-16-12/h4-5,9,12,16H,2-3,6-8H2,1H3. The van der Waals surface area contributed by atoms with E-state index in [4.69, 9.17) is 21.3 Å². The number of nitrogens with one attached hydrogen (secondary N) is 1. The van der Waals surface area contributed by atoms with Crippen LogP contribution in [0.4, 0.5) is 0 Å². The monoisotopic (exact) mass is 279 g/mol. The van der Waals surface area contributed by atoms with Crippen LogP contribution < -0.4 is 5.32 Å². The van der Waals surface area contributed by atoms with Crippen molar-refractivity contribution in [2.45, 2.75) is 25.4 Å². The molecule has 19 heavy (non-hydrogen) atoms. The van der Waals surface area contributed by atoms with Gasteiger partial charge in [-0.3, -0.25) is 0 Å². The lowest BCUT2D eigenvalue weighted by atomic mass is 10.2. The van der Waals surface area contributed by atoms with Gasteiger partial charge in [-0.15, -0.1) is 0 Å². The number of fused-ring (bicyclic) bond motifs is 1. The number of imidazole rings is 1. The molecule has 1 aliphatic rings. The highest BCUT2D eigenvalue weighted by Gasteiger charge is 2.23. The van der Waals surface area contributed by atoms with Crippen molar-refractivity contribution in [3.05, 3.63) is 29.0 Å². The van der Waals surface area contributed by atoms with Gasteiger partial charge in [-0.25, -0.2) is 4.98 Å². The fraction of sp³-hybridized carbons (Fsp3) is 0.500. The SMILES string of the molecule is COCCn1c(C2CCCN2)nc2ccc(Cl)cc21. The Hall–Kier alpha value is -1.10. The lowest BCUT2D eigenvalue weighted by Gasteiger charge is -2.13. The van der Waals surface area contributed by atoms with E-state index in [1.165, 1.54) is 6.42 Å². The normalized spacial score (nSPS) is 19.4. The second-order valence-corrected chi connectivity index (χ2v) is 5.33. The van der Waals surface area contributed by atoms with Gasteiger partial charge in [-0.1, -0.05) is 11.6 Å². The average Bonchev–Trinajstić information content (AvgIpc) is 3.03. The van der Waals surface area contributed by atoms with Crippen LogP contribution in [-0.4, -0.2) is 29.8 Å². The van der Waals surface area contributed by atoms with Crippen molar-refractivity contribution in [1.82, 2.24) is 14.9 Å². The van der Waals surface area contributed by atoms with Crippen molar-refractivity contribution >= 4 is 22.6 Å². The van der Waals surface area contributed by atoms with E-state index >= 15 is 0 Å². The highest BCUT2D eigenvalue weighted by Crippen LogP contribution is 2.28. The Bertz CT molecular complexity index is 575. The summed E-state index contributed by atoms with van der Waals surface area (Å²) in [6.45, 7) is 2.55. The molecule has 1 N–H and O–H groups in total. The predicted octanol–water partition coefficient (Wildman–Crippen LogP) is 2.76. The lowest BCUT2D eigenvalue weighted by Crippen LogP contribution is -2.19. The molecule has 5 heteroatoms. The minimum absolute atomic E-state index is 0.350. The van der Waals surface area contributed by atoms with E-state index < -0.39 is 0 Å². The zero-order valence-electron chi connectivity index (χ0n) is 11.0. The van der Waals surface area contributed by atoms with Gasteiger partial charge in [0.1, 0.15) is 5.82 Å². The minimum Gasteiger partial charge on any atom is -0.383 e. The fourth-order valence-corrected chi connectivity index (χ4v) is 2.87. The summed E-state index contributed by atoms with van der Waals surface area (Å²) in [6, 6.07) is 6.21. The first-order valence-corrected chi connectivity index (χ1v) is 7.05. The number of nitrogens with zero attached hydrogens (tertiary/aromatic N) is 2. The quantitative estimate of drug-likeness (QED) is 0.935. The van der Waals surface area contributed by atoms with Crippen LogP contribution in [0.3, 0.4) is 0 Å². The second kappa shape index (κ2) is 5.49. The summed E-state index contributed by atoms with van der Waals surface area (Å²) in [7, 11) is 1.72. The van der Waals surface area contributed by atoms with Crippen LogP contribution in [0, 0.1) is 0 Å². The fourth-order valence-electron chi connectivity index (χ4n) is 2.70. The molecule has 0 radical (unpaired) electrons. The van der Waals surface area contributed by atoms with E-state index in [9.17, 15) is 0 Å². The van der Waals surface area contributed by atoms with Gasteiger partial charge in [0.05, 0.1) is 23.7 Å². The Morgan fingerprint density at radius 3 is 3.16 bits per heavy atom. The molecule has 0 spiro atoms. The number of halogens is 1. The van der Waals surface area contributed by atoms with Crippen molar-refractivity contribution in [3.8, 4) is 0 Å². The number of aromatic nitrogens is 2. The molecule has 0 saturated carbocycles. The minimum atomic E-state index is 0.350. The predicted molar refractivity (Wildman–Crippen MR) is 76.6 cm³/mol. The van der Waals surface area contributed by atoms with Gasteiger partial charge in [0, 0.05) is 18.7 Å². The third kappa shape index (κ3) is 2.48. The summed E-state index contributed by atoms with van der Waals surface area (Å²) in [5.41, 5.74) is 2.09. The molecule has 1 fully saturated rings. The average molecular weight is 280 g/mol. The maximum atomic E-state index is 6.11.